The average molecular weight is 486 g/mol. The number of nitriles is 1. The van der Waals surface area contributed by atoms with Crippen LogP contribution in [0.4, 0.5) is 0 Å². The fourth-order valence-corrected chi connectivity index (χ4v) is 3.65. The largest absolute Gasteiger partial charge is 0.497 e. The maximum absolute atomic E-state index is 12.2. The minimum atomic E-state index is -0.140. The minimum absolute atomic E-state index is 0.140. The van der Waals surface area contributed by atoms with E-state index in [-0.39, 0.29) is 12.5 Å². The van der Waals surface area contributed by atoms with E-state index in [0.29, 0.717) is 30.1 Å². The van der Waals surface area contributed by atoms with Crippen molar-refractivity contribution in [1.82, 2.24) is 5.43 Å². The molecule has 0 bridgehead atoms. The molecule has 0 spiro atoms. The van der Waals surface area contributed by atoms with Crippen LogP contribution < -0.4 is 19.6 Å². The summed E-state index contributed by atoms with van der Waals surface area (Å²) in [5.74, 6) is 1.83. The van der Waals surface area contributed by atoms with Crippen molar-refractivity contribution >= 4 is 12.1 Å². The van der Waals surface area contributed by atoms with Crippen LogP contribution in [0.25, 0.3) is 0 Å². The van der Waals surface area contributed by atoms with E-state index in [4.69, 9.17) is 14.2 Å². The summed E-state index contributed by atoms with van der Waals surface area (Å²) in [5.41, 5.74) is 7.08. The number of nitrogens with one attached hydrogen (secondary N) is 1. The van der Waals surface area contributed by atoms with E-state index in [0.717, 1.165) is 35.3 Å². The summed E-state index contributed by atoms with van der Waals surface area (Å²) in [4.78, 5) is 12.2. The highest BCUT2D eigenvalue weighted by atomic mass is 16.5. The van der Waals surface area contributed by atoms with Gasteiger partial charge in [-0.3, -0.25) is 4.79 Å². The lowest BCUT2D eigenvalue weighted by atomic mass is 10.0. The van der Waals surface area contributed by atoms with Crippen LogP contribution in [-0.4, -0.2) is 25.8 Å². The van der Waals surface area contributed by atoms with E-state index in [2.05, 4.69) is 16.6 Å². The number of hydrogen-bond acceptors (Lipinski definition) is 6. The van der Waals surface area contributed by atoms with Crippen molar-refractivity contribution in [2.24, 2.45) is 5.10 Å². The highest BCUT2D eigenvalue weighted by molar-refractivity contribution is 5.83. The number of ether oxygens (including phenoxy) is 3. The maximum atomic E-state index is 12.2. The third-order valence-corrected chi connectivity index (χ3v) is 5.59. The van der Waals surface area contributed by atoms with E-state index in [1.807, 2.05) is 56.3 Å². The number of nitrogens with zero attached hydrogens (tertiary/aromatic N) is 2. The van der Waals surface area contributed by atoms with Gasteiger partial charge in [-0.2, -0.15) is 10.4 Å². The molecule has 186 valence electrons. The molecule has 0 saturated heterocycles. The third-order valence-electron chi connectivity index (χ3n) is 5.59. The molecule has 3 aromatic carbocycles. The van der Waals surface area contributed by atoms with Gasteiger partial charge in [-0.15, -0.1) is 0 Å². The molecular formula is C29H31N3O4. The molecule has 0 fully saturated rings. The fraction of sp³-hybridized carbons (Fsp3) is 0.276. The first-order chi connectivity index (χ1) is 17.5. The zero-order valence-corrected chi connectivity index (χ0v) is 20.9. The summed E-state index contributed by atoms with van der Waals surface area (Å²) >= 11 is 0. The molecule has 0 unspecified atom stereocenters. The van der Waals surface area contributed by atoms with Gasteiger partial charge in [0.15, 0.2) is 11.5 Å². The Kier molecular flexibility index (Phi) is 9.89. The number of carbonyl (C=O) groups excluding carboxylic acids is 1. The van der Waals surface area contributed by atoms with Gasteiger partial charge in [0.2, 0.25) is 5.91 Å². The first-order valence-electron chi connectivity index (χ1n) is 11.9. The molecule has 0 aromatic heterocycles. The van der Waals surface area contributed by atoms with Crippen LogP contribution >= 0.6 is 0 Å². The Balaban J connectivity index is 1.52. The lowest BCUT2D eigenvalue weighted by Crippen LogP contribution is -2.17. The number of hydrazone groups is 1. The fourth-order valence-electron chi connectivity index (χ4n) is 3.65. The quantitative estimate of drug-likeness (QED) is 0.277. The summed E-state index contributed by atoms with van der Waals surface area (Å²) in [7, 11) is 1.65. The summed E-state index contributed by atoms with van der Waals surface area (Å²) in [5, 5.41) is 13.3. The maximum Gasteiger partial charge on any atom is 0.240 e. The second kappa shape index (κ2) is 13.5. The van der Waals surface area contributed by atoms with Crippen LogP contribution in [0.5, 0.6) is 17.2 Å². The van der Waals surface area contributed by atoms with E-state index >= 15 is 0 Å². The van der Waals surface area contributed by atoms with Crippen molar-refractivity contribution < 1.29 is 19.0 Å². The summed E-state index contributed by atoms with van der Waals surface area (Å²) < 4.78 is 16.9. The molecule has 1 amide bonds. The van der Waals surface area contributed by atoms with Gasteiger partial charge in [0.05, 0.1) is 31.6 Å². The van der Waals surface area contributed by atoms with Crippen molar-refractivity contribution in [2.45, 2.75) is 39.7 Å². The Morgan fingerprint density at radius 1 is 1.06 bits per heavy atom. The van der Waals surface area contributed by atoms with Crippen LogP contribution in [0.3, 0.4) is 0 Å². The van der Waals surface area contributed by atoms with Gasteiger partial charge in [-0.05, 0) is 79.8 Å². The zero-order chi connectivity index (χ0) is 25.8. The summed E-state index contributed by atoms with van der Waals surface area (Å²) in [6.45, 7) is 4.66. The molecule has 7 nitrogen and oxygen atoms in total. The average Bonchev–Trinajstić information content (AvgIpc) is 2.89. The monoisotopic (exact) mass is 485 g/mol. The van der Waals surface area contributed by atoms with Crippen molar-refractivity contribution in [2.75, 3.05) is 13.7 Å². The zero-order valence-electron chi connectivity index (χ0n) is 20.9. The van der Waals surface area contributed by atoms with Crippen molar-refractivity contribution in [3.05, 3.63) is 88.5 Å². The van der Waals surface area contributed by atoms with Crippen molar-refractivity contribution in [3.8, 4) is 23.3 Å². The topological polar surface area (TPSA) is 92.9 Å². The Hall–Kier alpha value is -4.31. The van der Waals surface area contributed by atoms with Crippen LogP contribution in [0.1, 0.15) is 47.6 Å². The number of aryl methyl sites for hydroxylation is 2. The Labute approximate surface area is 212 Å². The van der Waals surface area contributed by atoms with E-state index < -0.39 is 0 Å². The summed E-state index contributed by atoms with van der Waals surface area (Å²) in [6, 6.07) is 20.9. The molecule has 0 radical (unpaired) electrons. The Bertz CT molecular complexity index is 1250. The lowest BCUT2D eigenvalue weighted by molar-refractivity contribution is -0.121. The van der Waals surface area contributed by atoms with Gasteiger partial charge in [-0.1, -0.05) is 24.3 Å². The van der Waals surface area contributed by atoms with Gasteiger partial charge >= 0.3 is 0 Å². The number of benzene rings is 3. The molecular weight excluding hydrogens is 454 g/mol. The standard InChI is InChI=1S/C29H31N3O4/c1-4-35-28-17-22(12-15-27(28)36-20-25-9-6-5-8-24(25)18-30)19-31-32-29(33)11-7-10-23-13-14-26(34-3)16-21(23)2/h5-6,8-9,12-17,19H,4,7,10-11,20H2,1-3H3,(H,32,33)/b31-19-. The lowest BCUT2D eigenvalue weighted by Gasteiger charge is -2.13. The molecule has 7 heteroatoms. The molecule has 0 aliphatic heterocycles. The molecule has 0 heterocycles. The molecule has 0 atom stereocenters. The van der Waals surface area contributed by atoms with Crippen LogP contribution in [0.2, 0.25) is 0 Å². The molecule has 36 heavy (non-hydrogen) atoms. The van der Waals surface area contributed by atoms with Gasteiger partial charge < -0.3 is 14.2 Å². The van der Waals surface area contributed by atoms with Crippen LogP contribution in [-0.2, 0) is 17.8 Å². The Morgan fingerprint density at radius 2 is 1.89 bits per heavy atom. The van der Waals surface area contributed by atoms with E-state index in [1.54, 1.807) is 31.5 Å². The second-order valence-electron chi connectivity index (χ2n) is 8.14. The number of rotatable bonds is 12. The van der Waals surface area contributed by atoms with Crippen LogP contribution in [0, 0.1) is 18.3 Å². The summed E-state index contributed by atoms with van der Waals surface area (Å²) in [6.07, 6.45) is 3.49. The minimum Gasteiger partial charge on any atom is -0.497 e. The predicted octanol–water partition coefficient (Wildman–Crippen LogP) is 5.33. The number of carbonyl (C=O) groups is 1. The highest BCUT2D eigenvalue weighted by Crippen LogP contribution is 2.29. The molecule has 0 saturated carbocycles. The predicted molar refractivity (Wildman–Crippen MR) is 140 cm³/mol. The molecule has 3 rings (SSSR count). The van der Waals surface area contributed by atoms with Gasteiger partial charge in [-0.25, -0.2) is 5.43 Å². The van der Waals surface area contributed by atoms with Crippen molar-refractivity contribution in [3.63, 3.8) is 0 Å². The number of hydrogen-bond donors (Lipinski definition) is 1. The van der Waals surface area contributed by atoms with Crippen molar-refractivity contribution in [1.29, 1.82) is 5.26 Å². The normalized spacial score (nSPS) is 10.6. The smallest absolute Gasteiger partial charge is 0.240 e. The van der Waals surface area contributed by atoms with Gasteiger partial charge in [0.1, 0.15) is 12.4 Å². The van der Waals surface area contributed by atoms with Crippen LogP contribution in [0.15, 0.2) is 65.8 Å². The Morgan fingerprint density at radius 3 is 2.64 bits per heavy atom. The van der Waals surface area contributed by atoms with Gasteiger partial charge in [0, 0.05) is 12.0 Å². The SMILES string of the molecule is CCOc1cc(/C=N\NC(=O)CCCc2ccc(OC)cc2C)ccc1OCc1ccccc1C#N. The highest BCUT2D eigenvalue weighted by Gasteiger charge is 2.09. The molecule has 0 aliphatic carbocycles. The number of methoxy groups -OCH3 is 1. The first-order valence-corrected chi connectivity index (χ1v) is 11.9. The number of amides is 1. The molecule has 3 aromatic rings. The molecule has 0 aliphatic rings. The van der Waals surface area contributed by atoms with E-state index in [1.165, 1.54) is 5.56 Å². The third kappa shape index (κ3) is 7.60. The first kappa shape index (κ1) is 26.3. The second-order valence-corrected chi connectivity index (χ2v) is 8.14. The van der Waals surface area contributed by atoms with E-state index in [9.17, 15) is 10.1 Å². The molecule has 1 N–H and O–H groups in total. The van der Waals surface area contributed by atoms with Gasteiger partial charge in [0.25, 0.3) is 0 Å².